The summed E-state index contributed by atoms with van der Waals surface area (Å²) in [7, 11) is 0. The molecular formula is C49H31N5O. The minimum Gasteiger partial charge on any atom is -0.456 e. The Balaban J connectivity index is 1.10. The highest BCUT2D eigenvalue weighted by Crippen LogP contribution is 2.35. The zero-order chi connectivity index (χ0) is 36.6. The lowest BCUT2D eigenvalue weighted by atomic mass is 10.0. The molecule has 3 heterocycles. The maximum absolute atomic E-state index is 6.26. The summed E-state index contributed by atoms with van der Waals surface area (Å²) >= 11 is 0. The molecule has 0 aliphatic rings. The van der Waals surface area contributed by atoms with Crippen molar-refractivity contribution in [2.45, 2.75) is 0 Å². The first-order valence-corrected chi connectivity index (χ1v) is 18.2. The molecule has 258 valence electrons. The fourth-order valence-electron chi connectivity index (χ4n) is 6.98. The van der Waals surface area contributed by atoms with Gasteiger partial charge >= 0.3 is 0 Å². The molecule has 0 atom stereocenters. The highest BCUT2D eigenvalue weighted by atomic mass is 16.3. The highest BCUT2D eigenvalue weighted by molar-refractivity contribution is 6.05. The molecule has 0 bridgehead atoms. The maximum atomic E-state index is 6.26. The Labute approximate surface area is 317 Å². The Morgan fingerprint density at radius 2 is 0.691 bits per heavy atom. The Bertz CT molecular complexity index is 2980. The summed E-state index contributed by atoms with van der Waals surface area (Å²) in [5.74, 6) is 2.41. The van der Waals surface area contributed by atoms with Crippen LogP contribution >= 0.6 is 0 Å². The molecule has 0 radical (unpaired) electrons. The average Bonchev–Trinajstić information content (AvgIpc) is 3.65. The van der Waals surface area contributed by atoms with Gasteiger partial charge in [-0.05, 0) is 47.5 Å². The van der Waals surface area contributed by atoms with Gasteiger partial charge < -0.3 is 4.42 Å². The molecule has 7 aromatic carbocycles. The summed E-state index contributed by atoms with van der Waals surface area (Å²) in [6.45, 7) is 0. The second kappa shape index (κ2) is 13.8. The topological polar surface area (TPSA) is 77.6 Å². The summed E-state index contributed by atoms with van der Waals surface area (Å²) in [5.41, 5.74) is 10.9. The van der Waals surface area contributed by atoms with E-state index in [2.05, 4.69) is 60.7 Å². The smallest absolute Gasteiger partial charge is 0.164 e. The standard InChI is InChI=1S/C49H31N5O/c1-4-14-32(15-5-1)35-20-12-22-38(28-35)48-52-47(34-18-8-3-9-19-34)53-49(54-48)39-23-13-21-36(29-39)42-31-43(51-46(50-42)33-16-6-2-7-17-33)37-26-27-41-40-24-10-11-25-44(40)55-45(41)30-37/h1-31H. The fraction of sp³-hybridized carbons (Fsp3) is 0. The van der Waals surface area contributed by atoms with E-state index < -0.39 is 0 Å². The minimum absolute atomic E-state index is 0.573. The molecule has 0 amide bonds. The van der Waals surface area contributed by atoms with Crippen molar-refractivity contribution in [1.82, 2.24) is 24.9 Å². The SMILES string of the molecule is c1ccc(-c2cccc(-c3nc(-c4ccccc4)nc(-c4cccc(-c5cc(-c6ccc7c(c6)oc6ccccc67)nc(-c6ccccc6)n5)c4)n3)c2)cc1. The number of benzene rings is 7. The number of rotatable bonds is 7. The van der Waals surface area contributed by atoms with E-state index in [0.29, 0.717) is 23.3 Å². The molecule has 0 aliphatic heterocycles. The van der Waals surface area contributed by atoms with Crippen LogP contribution in [0.2, 0.25) is 0 Å². The number of hydrogen-bond acceptors (Lipinski definition) is 6. The molecule has 6 nitrogen and oxygen atoms in total. The summed E-state index contributed by atoms with van der Waals surface area (Å²) in [6, 6.07) is 63.4. The van der Waals surface area contributed by atoms with Crippen LogP contribution in [0.15, 0.2) is 192 Å². The van der Waals surface area contributed by atoms with Crippen LogP contribution in [-0.2, 0) is 0 Å². The minimum atomic E-state index is 0.573. The van der Waals surface area contributed by atoms with Gasteiger partial charge in [0.1, 0.15) is 11.2 Å². The second-order valence-electron chi connectivity index (χ2n) is 13.3. The second-order valence-corrected chi connectivity index (χ2v) is 13.3. The van der Waals surface area contributed by atoms with Gasteiger partial charge in [0.2, 0.25) is 0 Å². The number of aromatic nitrogens is 5. The third kappa shape index (κ3) is 6.32. The molecule has 0 saturated carbocycles. The third-order valence-corrected chi connectivity index (χ3v) is 9.74. The van der Waals surface area contributed by atoms with E-state index in [-0.39, 0.29) is 0 Å². The van der Waals surface area contributed by atoms with E-state index in [1.807, 2.05) is 127 Å². The van der Waals surface area contributed by atoms with Crippen molar-refractivity contribution >= 4 is 21.9 Å². The van der Waals surface area contributed by atoms with Crippen LogP contribution in [-0.4, -0.2) is 24.9 Å². The van der Waals surface area contributed by atoms with Gasteiger partial charge in [0.15, 0.2) is 23.3 Å². The Hall–Kier alpha value is -7.57. The summed E-state index contributed by atoms with van der Waals surface area (Å²) < 4.78 is 6.26. The molecule has 0 N–H and O–H groups in total. The average molecular weight is 706 g/mol. The number of furan rings is 1. The van der Waals surface area contributed by atoms with Crippen LogP contribution in [0.1, 0.15) is 0 Å². The van der Waals surface area contributed by atoms with E-state index >= 15 is 0 Å². The molecule has 0 aliphatic carbocycles. The third-order valence-electron chi connectivity index (χ3n) is 9.74. The molecule has 6 heteroatoms. The molecule has 0 spiro atoms. The van der Waals surface area contributed by atoms with E-state index in [1.54, 1.807) is 0 Å². The van der Waals surface area contributed by atoms with Crippen molar-refractivity contribution in [2.75, 3.05) is 0 Å². The molecule has 10 aromatic rings. The van der Waals surface area contributed by atoms with Crippen molar-refractivity contribution in [3.8, 4) is 79.2 Å². The van der Waals surface area contributed by atoms with Gasteiger partial charge in [-0.1, -0.05) is 152 Å². The molecular weight excluding hydrogens is 675 g/mol. The number of hydrogen-bond donors (Lipinski definition) is 0. The molecule has 55 heavy (non-hydrogen) atoms. The van der Waals surface area contributed by atoms with Crippen molar-refractivity contribution in [2.24, 2.45) is 0 Å². The predicted molar refractivity (Wildman–Crippen MR) is 221 cm³/mol. The molecule has 0 fully saturated rings. The van der Waals surface area contributed by atoms with E-state index in [9.17, 15) is 0 Å². The summed E-state index contributed by atoms with van der Waals surface area (Å²) in [5, 5.41) is 2.16. The zero-order valence-corrected chi connectivity index (χ0v) is 29.5. The maximum Gasteiger partial charge on any atom is 0.164 e. The molecule has 0 unspecified atom stereocenters. The summed E-state index contributed by atoms with van der Waals surface area (Å²) in [4.78, 5) is 25.3. The lowest BCUT2D eigenvalue weighted by Crippen LogP contribution is -2.00. The van der Waals surface area contributed by atoms with Crippen molar-refractivity contribution in [1.29, 1.82) is 0 Å². The molecule has 10 rings (SSSR count). The molecule has 3 aromatic heterocycles. The first-order chi connectivity index (χ1) is 27.2. The number of para-hydroxylation sites is 1. The van der Waals surface area contributed by atoms with Gasteiger partial charge in [-0.2, -0.15) is 0 Å². The van der Waals surface area contributed by atoms with Crippen molar-refractivity contribution < 1.29 is 4.42 Å². The van der Waals surface area contributed by atoms with Gasteiger partial charge in [0.05, 0.1) is 11.4 Å². The lowest BCUT2D eigenvalue weighted by Gasteiger charge is -2.12. The van der Waals surface area contributed by atoms with Gasteiger partial charge in [-0.25, -0.2) is 24.9 Å². The van der Waals surface area contributed by atoms with Gasteiger partial charge in [0, 0.05) is 44.2 Å². The number of nitrogens with zero attached hydrogens (tertiary/aromatic N) is 5. The van der Waals surface area contributed by atoms with Gasteiger partial charge in [0.25, 0.3) is 0 Å². The van der Waals surface area contributed by atoms with Crippen LogP contribution < -0.4 is 0 Å². The van der Waals surface area contributed by atoms with Gasteiger partial charge in [-0.3, -0.25) is 0 Å². The monoisotopic (exact) mass is 705 g/mol. The number of fused-ring (bicyclic) bond motifs is 3. The predicted octanol–water partition coefficient (Wildman–Crippen LogP) is 12.2. The van der Waals surface area contributed by atoms with Crippen LogP contribution in [0.3, 0.4) is 0 Å². The van der Waals surface area contributed by atoms with Crippen LogP contribution in [0, 0.1) is 0 Å². The molecule has 0 saturated heterocycles. The Kier molecular flexibility index (Phi) is 8.04. The van der Waals surface area contributed by atoms with Crippen LogP contribution in [0.25, 0.3) is 101 Å². The van der Waals surface area contributed by atoms with Gasteiger partial charge in [-0.15, -0.1) is 0 Å². The normalized spacial score (nSPS) is 11.3. The highest BCUT2D eigenvalue weighted by Gasteiger charge is 2.16. The van der Waals surface area contributed by atoms with E-state index in [1.165, 1.54) is 0 Å². The van der Waals surface area contributed by atoms with Crippen molar-refractivity contribution in [3.05, 3.63) is 188 Å². The van der Waals surface area contributed by atoms with Crippen molar-refractivity contribution in [3.63, 3.8) is 0 Å². The first-order valence-electron chi connectivity index (χ1n) is 18.2. The fourth-order valence-corrected chi connectivity index (χ4v) is 6.98. The first kappa shape index (κ1) is 32.1. The zero-order valence-electron chi connectivity index (χ0n) is 29.5. The largest absolute Gasteiger partial charge is 0.456 e. The van der Waals surface area contributed by atoms with Crippen LogP contribution in [0.5, 0.6) is 0 Å². The van der Waals surface area contributed by atoms with Crippen LogP contribution in [0.4, 0.5) is 0 Å². The van der Waals surface area contributed by atoms with E-state index in [0.717, 1.165) is 77.8 Å². The lowest BCUT2D eigenvalue weighted by molar-refractivity contribution is 0.669. The quantitative estimate of drug-likeness (QED) is 0.164. The van der Waals surface area contributed by atoms with E-state index in [4.69, 9.17) is 29.3 Å². The summed E-state index contributed by atoms with van der Waals surface area (Å²) in [6.07, 6.45) is 0. The Morgan fingerprint density at radius 3 is 1.33 bits per heavy atom. The Morgan fingerprint density at radius 1 is 0.255 bits per heavy atom.